The summed E-state index contributed by atoms with van der Waals surface area (Å²) in [5, 5.41) is 4.08. The molecule has 36 heavy (non-hydrogen) atoms. The second-order valence-electron chi connectivity index (χ2n) is 8.75. The van der Waals surface area contributed by atoms with Gasteiger partial charge >= 0.3 is 0 Å². The molecule has 0 fully saturated rings. The van der Waals surface area contributed by atoms with Crippen LogP contribution >= 0.6 is 0 Å². The van der Waals surface area contributed by atoms with Crippen molar-refractivity contribution in [1.29, 1.82) is 0 Å². The summed E-state index contributed by atoms with van der Waals surface area (Å²) in [6.45, 7) is 7.76. The van der Waals surface area contributed by atoms with Gasteiger partial charge in [0, 0.05) is 21.5 Å². The maximum absolute atomic E-state index is 6.15. The smallest absolute Gasteiger partial charge is 0.130 e. The van der Waals surface area contributed by atoms with Gasteiger partial charge in [-0.3, -0.25) is 0 Å². The number of hydrogen-bond donors (Lipinski definition) is 0. The zero-order chi connectivity index (χ0) is 24.7. The van der Waals surface area contributed by atoms with Crippen LogP contribution in [0.2, 0.25) is 0 Å². The lowest BCUT2D eigenvalue weighted by molar-refractivity contribution is 0.0755. The van der Waals surface area contributed by atoms with Crippen molar-refractivity contribution in [3.8, 4) is 23.0 Å². The summed E-state index contributed by atoms with van der Waals surface area (Å²) in [6, 6.07) is 20.3. The average molecular weight is 489 g/mol. The highest BCUT2D eigenvalue weighted by Crippen LogP contribution is 2.37. The molecule has 0 saturated heterocycles. The molecule has 2 aliphatic heterocycles. The second kappa shape index (κ2) is 11.5. The summed E-state index contributed by atoms with van der Waals surface area (Å²) in [6.07, 6.45) is 0. The molecule has 6 rings (SSSR count). The molecular formula is C30H32O6. The van der Waals surface area contributed by atoms with Gasteiger partial charge in [-0.2, -0.15) is 0 Å². The quantitative estimate of drug-likeness (QED) is 0.289. The van der Waals surface area contributed by atoms with Gasteiger partial charge < -0.3 is 28.4 Å². The minimum absolute atomic E-state index is 0.450. The molecule has 0 amide bonds. The number of rotatable bonds is 0. The number of fused-ring (bicyclic) bond motifs is 14. The summed E-state index contributed by atoms with van der Waals surface area (Å²) in [4.78, 5) is 0. The van der Waals surface area contributed by atoms with Crippen LogP contribution in [0.4, 0.5) is 0 Å². The fourth-order valence-corrected chi connectivity index (χ4v) is 4.55. The van der Waals surface area contributed by atoms with Crippen molar-refractivity contribution >= 4 is 21.5 Å². The fourth-order valence-electron chi connectivity index (χ4n) is 4.55. The van der Waals surface area contributed by atoms with E-state index in [1.807, 2.05) is 50.2 Å². The van der Waals surface area contributed by atoms with Crippen LogP contribution in [0.15, 0.2) is 60.7 Å². The lowest BCUT2D eigenvalue weighted by atomic mass is 10.0. The molecule has 0 atom stereocenters. The van der Waals surface area contributed by atoms with Gasteiger partial charge in [0.2, 0.25) is 0 Å². The molecule has 188 valence electrons. The Hall–Kier alpha value is -3.48. The molecule has 0 aromatic heterocycles. The number of hydrogen-bond acceptors (Lipinski definition) is 6. The Kier molecular flexibility index (Phi) is 7.74. The van der Waals surface area contributed by atoms with E-state index in [4.69, 9.17) is 28.4 Å². The van der Waals surface area contributed by atoms with Crippen molar-refractivity contribution in [2.45, 2.75) is 13.8 Å². The molecular weight excluding hydrogens is 456 g/mol. The van der Waals surface area contributed by atoms with Gasteiger partial charge in [-0.25, -0.2) is 0 Å². The lowest BCUT2D eigenvalue weighted by Gasteiger charge is -2.18. The van der Waals surface area contributed by atoms with Gasteiger partial charge in [-0.05, 0) is 37.1 Å². The van der Waals surface area contributed by atoms with Crippen LogP contribution in [-0.2, 0) is 9.47 Å². The summed E-state index contributed by atoms with van der Waals surface area (Å²) < 4.78 is 36.1. The molecule has 4 aromatic carbocycles. The van der Waals surface area contributed by atoms with Crippen LogP contribution in [0.5, 0.6) is 23.0 Å². The third kappa shape index (κ3) is 5.35. The van der Waals surface area contributed by atoms with Crippen LogP contribution in [0.1, 0.15) is 11.1 Å². The molecule has 4 aromatic rings. The van der Waals surface area contributed by atoms with Crippen molar-refractivity contribution in [3.05, 3.63) is 71.8 Å². The molecule has 0 saturated carbocycles. The first kappa shape index (κ1) is 24.2. The zero-order valence-corrected chi connectivity index (χ0v) is 20.9. The van der Waals surface area contributed by atoms with E-state index >= 15 is 0 Å². The third-order valence-electron chi connectivity index (χ3n) is 6.20. The molecule has 4 bridgehead atoms. The van der Waals surface area contributed by atoms with Crippen LogP contribution in [-0.4, -0.2) is 52.9 Å². The summed E-state index contributed by atoms with van der Waals surface area (Å²) in [5.74, 6) is 3.37. The molecule has 2 aliphatic rings. The van der Waals surface area contributed by atoms with E-state index in [9.17, 15) is 0 Å². The van der Waals surface area contributed by atoms with E-state index in [0.717, 1.165) is 55.7 Å². The molecule has 0 radical (unpaired) electrons. The Bertz CT molecular complexity index is 1230. The van der Waals surface area contributed by atoms with E-state index in [0.29, 0.717) is 52.9 Å². The van der Waals surface area contributed by atoms with Crippen molar-refractivity contribution in [2.75, 3.05) is 52.9 Å². The maximum atomic E-state index is 6.15. The van der Waals surface area contributed by atoms with E-state index in [-0.39, 0.29) is 0 Å². The lowest BCUT2D eigenvalue weighted by Crippen LogP contribution is -2.14. The van der Waals surface area contributed by atoms with Gasteiger partial charge in [0.1, 0.15) is 49.4 Å². The van der Waals surface area contributed by atoms with E-state index in [1.165, 1.54) is 0 Å². The fraction of sp³-hybridized carbons (Fsp3) is 0.333. The maximum Gasteiger partial charge on any atom is 0.130 e. The largest absolute Gasteiger partial charge is 0.491 e. The zero-order valence-electron chi connectivity index (χ0n) is 20.9. The summed E-state index contributed by atoms with van der Waals surface area (Å²) in [7, 11) is 0. The average Bonchev–Trinajstić information content (AvgIpc) is 2.89. The van der Waals surface area contributed by atoms with Gasteiger partial charge in [0.25, 0.3) is 0 Å². The predicted octanol–water partition coefficient (Wildman–Crippen LogP) is 5.87. The Morgan fingerprint density at radius 3 is 1.22 bits per heavy atom. The molecule has 0 unspecified atom stereocenters. The Morgan fingerprint density at radius 1 is 0.444 bits per heavy atom. The standard InChI is InChI=1S/C30H32O6/c1-21-19-27-23-7-3-5-9-25(23)29(21)35-17-13-31-12-16-34-28-20-22(2)30(26-10-6-4-8-24(26)28)36-18-14-32-11-15-33-27/h3-10,19-20H,11-18H2,1-2H3. The van der Waals surface area contributed by atoms with Crippen LogP contribution in [0.3, 0.4) is 0 Å². The minimum atomic E-state index is 0.450. The molecule has 6 nitrogen and oxygen atoms in total. The topological polar surface area (TPSA) is 55.4 Å². The van der Waals surface area contributed by atoms with Crippen LogP contribution in [0, 0.1) is 13.8 Å². The highest BCUT2D eigenvalue weighted by molar-refractivity contribution is 5.95. The monoisotopic (exact) mass is 488 g/mol. The van der Waals surface area contributed by atoms with Crippen molar-refractivity contribution in [1.82, 2.24) is 0 Å². The number of aryl methyl sites for hydroxylation is 2. The van der Waals surface area contributed by atoms with Gasteiger partial charge in [0.05, 0.1) is 26.4 Å². The normalized spacial score (nSPS) is 15.8. The molecule has 0 N–H and O–H groups in total. The first-order valence-electron chi connectivity index (χ1n) is 12.4. The highest BCUT2D eigenvalue weighted by Gasteiger charge is 2.14. The van der Waals surface area contributed by atoms with Crippen molar-refractivity contribution < 1.29 is 28.4 Å². The first-order chi connectivity index (χ1) is 17.7. The summed E-state index contributed by atoms with van der Waals surface area (Å²) in [5.41, 5.74) is 2.04. The van der Waals surface area contributed by atoms with Gasteiger partial charge in [0.15, 0.2) is 0 Å². The van der Waals surface area contributed by atoms with E-state index in [2.05, 4.69) is 24.3 Å². The second-order valence-corrected chi connectivity index (χ2v) is 8.75. The SMILES string of the molecule is Cc1cc2c3ccccc3c1OCCOCCOc1cc(C)c(c3ccccc13)OCCOCCO2. The molecule has 0 spiro atoms. The Balaban J connectivity index is 1.34. The summed E-state index contributed by atoms with van der Waals surface area (Å²) >= 11 is 0. The minimum Gasteiger partial charge on any atom is -0.491 e. The Morgan fingerprint density at radius 2 is 0.806 bits per heavy atom. The highest BCUT2D eigenvalue weighted by atomic mass is 16.6. The van der Waals surface area contributed by atoms with E-state index < -0.39 is 0 Å². The molecule has 6 heteroatoms. The van der Waals surface area contributed by atoms with Crippen LogP contribution < -0.4 is 18.9 Å². The van der Waals surface area contributed by atoms with E-state index in [1.54, 1.807) is 0 Å². The predicted molar refractivity (Wildman–Crippen MR) is 141 cm³/mol. The first-order valence-corrected chi connectivity index (χ1v) is 12.4. The molecule has 0 aliphatic carbocycles. The van der Waals surface area contributed by atoms with Gasteiger partial charge in [-0.1, -0.05) is 48.5 Å². The number of ether oxygens (including phenoxy) is 6. The van der Waals surface area contributed by atoms with Crippen molar-refractivity contribution in [2.24, 2.45) is 0 Å². The molecule has 2 heterocycles. The van der Waals surface area contributed by atoms with Gasteiger partial charge in [-0.15, -0.1) is 0 Å². The Labute approximate surface area is 211 Å². The number of benzene rings is 4. The van der Waals surface area contributed by atoms with Crippen molar-refractivity contribution in [3.63, 3.8) is 0 Å². The third-order valence-corrected chi connectivity index (χ3v) is 6.20. The van der Waals surface area contributed by atoms with Crippen LogP contribution in [0.25, 0.3) is 21.5 Å².